The molecule has 0 amide bonds. The molecule has 98 valence electrons. The molecule has 0 radical (unpaired) electrons. The molecule has 16 heavy (non-hydrogen) atoms. The maximum absolute atomic E-state index is 9.85. The van der Waals surface area contributed by atoms with Crippen LogP contribution in [0.4, 0.5) is 0 Å². The third-order valence-electron chi connectivity index (χ3n) is 2.73. The number of hydrogen-bond donors (Lipinski definition) is 2. The Morgan fingerprint density at radius 1 is 1.06 bits per heavy atom. The average Bonchev–Trinajstić information content (AvgIpc) is 2.08. The minimum atomic E-state index is -0.221. The van der Waals surface area contributed by atoms with Gasteiger partial charge in [-0.25, -0.2) is 0 Å². The summed E-state index contributed by atoms with van der Waals surface area (Å²) in [7, 11) is 0. The van der Waals surface area contributed by atoms with Crippen molar-refractivity contribution in [2.24, 2.45) is 11.3 Å². The van der Waals surface area contributed by atoms with E-state index in [1.165, 1.54) is 12.8 Å². The van der Waals surface area contributed by atoms with Crippen molar-refractivity contribution >= 4 is 0 Å². The molecule has 0 aromatic carbocycles. The van der Waals surface area contributed by atoms with Crippen molar-refractivity contribution in [2.75, 3.05) is 6.54 Å². The molecule has 0 aromatic rings. The van der Waals surface area contributed by atoms with Gasteiger partial charge in [0.2, 0.25) is 0 Å². The highest BCUT2D eigenvalue weighted by atomic mass is 16.3. The monoisotopic (exact) mass is 229 g/mol. The van der Waals surface area contributed by atoms with E-state index >= 15 is 0 Å². The molecule has 0 fully saturated rings. The third-order valence-corrected chi connectivity index (χ3v) is 2.73. The molecule has 2 N–H and O–H groups in total. The lowest BCUT2D eigenvalue weighted by Crippen LogP contribution is -2.35. The summed E-state index contributed by atoms with van der Waals surface area (Å²) in [6, 6.07) is 0.511. The van der Waals surface area contributed by atoms with Crippen LogP contribution < -0.4 is 5.32 Å². The highest BCUT2D eigenvalue weighted by Gasteiger charge is 2.16. The Bertz CT molecular complexity index is 172. The first-order valence-electron chi connectivity index (χ1n) is 6.62. The Morgan fingerprint density at radius 2 is 1.62 bits per heavy atom. The van der Waals surface area contributed by atoms with E-state index in [-0.39, 0.29) is 11.5 Å². The van der Waals surface area contributed by atoms with Gasteiger partial charge in [-0.2, -0.15) is 0 Å². The molecular weight excluding hydrogens is 198 g/mol. The standard InChI is InChI=1S/C14H31NO/c1-11(2)7-8-12(3)15-10-13(16)9-14(4,5)6/h11-13,15-16H,7-10H2,1-6H3. The van der Waals surface area contributed by atoms with Gasteiger partial charge in [-0.05, 0) is 37.5 Å². The summed E-state index contributed by atoms with van der Waals surface area (Å²) in [5.74, 6) is 0.767. The minimum absolute atomic E-state index is 0.211. The zero-order chi connectivity index (χ0) is 12.8. The van der Waals surface area contributed by atoms with Crippen LogP contribution in [0, 0.1) is 11.3 Å². The van der Waals surface area contributed by atoms with Crippen LogP contribution >= 0.6 is 0 Å². The quantitative estimate of drug-likeness (QED) is 0.702. The van der Waals surface area contributed by atoms with Crippen molar-refractivity contribution in [1.82, 2.24) is 5.32 Å². The third kappa shape index (κ3) is 10.4. The second-order valence-electron chi connectivity index (χ2n) is 6.70. The second kappa shape index (κ2) is 7.29. The zero-order valence-corrected chi connectivity index (χ0v) is 12.0. The summed E-state index contributed by atoms with van der Waals surface area (Å²) in [5.41, 5.74) is 0.211. The molecule has 2 atom stereocenters. The molecule has 0 aliphatic carbocycles. The fraction of sp³-hybridized carbons (Fsp3) is 1.00. The van der Waals surface area contributed by atoms with Crippen molar-refractivity contribution in [1.29, 1.82) is 0 Å². The predicted molar refractivity (Wildman–Crippen MR) is 71.6 cm³/mol. The van der Waals surface area contributed by atoms with Crippen molar-refractivity contribution in [2.45, 2.75) is 73.0 Å². The number of aliphatic hydroxyl groups excluding tert-OH is 1. The van der Waals surface area contributed by atoms with E-state index in [1.807, 2.05) is 0 Å². The summed E-state index contributed by atoms with van der Waals surface area (Å²) in [5, 5.41) is 13.3. The van der Waals surface area contributed by atoms with E-state index in [9.17, 15) is 5.11 Å². The largest absolute Gasteiger partial charge is 0.392 e. The minimum Gasteiger partial charge on any atom is -0.392 e. The molecule has 0 aromatic heterocycles. The highest BCUT2D eigenvalue weighted by molar-refractivity contribution is 4.72. The van der Waals surface area contributed by atoms with Gasteiger partial charge in [0, 0.05) is 12.6 Å². The van der Waals surface area contributed by atoms with Crippen LogP contribution in [0.5, 0.6) is 0 Å². The second-order valence-corrected chi connectivity index (χ2v) is 6.70. The number of hydrogen-bond acceptors (Lipinski definition) is 2. The first-order chi connectivity index (χ1) is 7.20. The van der Waals surface area contributed by atoms with Crippen molar-refractivity contribution in [3.63, 3.8) is 0 Å². The summed E-state index contributed by atoms with van der Waals surface area (Å²) >= 11 is 0. The summed E-state index contributed by atoms with van der Waals surface area (Å²) < 4.78 is 0. The molecule has 2 heteroatoms. The van der Waals surface area contributed by atoms with E-state index in [4.69, 9.17) is 0 Å². The normalized spacial score (nSPS) is 16.5. The van der Waals surface area contributed by atoms with Gasteiger partial charge in [-0.3, -0.25) is 0 Å². The molecule has 0 rings (SSSR count). The lowest BCUT2D eigenvalue weighted by atomic mass is 9.89. The lowest BCUT2D eigenvalue weighted by Gasteiger charge is -2.24. The SMILES string of the molecule is CC(C)CCC(C)NCC(O)CC(C)(C)C. The van der Waals surface area contributed by atoms with E-state index in [2.05, 4.69) is 46.9 Å². The molecule has 0 bridgehead atoms. The van der Waals surface area contributed by atoms with Crippen LogP contribution in [0.3, 0.4) is 0 Å². The molecule has 0 saturated heterocycles. The Morgan fingerprint density at radius 3 is 2.06 bits per heavy atom. The zero-order valence-electron chi connectivity index (χ0n) is 12.0. The maximum atomic E-state index is 9.85. The fourth-order valence-corrected chi connectivity index (χ4v) is 1.80. The van der Waals surface area contributed by atoms with Gasteiger partial charge in [-0.1, -0.05) is 34.6 Å². The van der Waals surface area contributed by atoms with E-state index in [0.29, 0.717) is 6.04 Å². The Balaban J connectivity index is 3.63. The van der Waals surface area contributed by atoms with E-state index in [1.54, 1.807) is 0 Å². The van der Waals surface area contributed by atoms with Crippen LogP contribution in [0.25, 0.3) is 0 Å². The number of nitrogens with one attached hydrogen (secondary N) is 1. The molecule has 2 nitrogen and oxygen atoms in total. The van der Waals surface area contributed by atoms with Crippen molar-refractivity contribution < 1.29 is 5.11 Å². The fourth-order valence-electron chi connectivity index (χ4n) is 1.80. The molecule has 2 unspecified atom stereocenters. The first-order valence-corrected chi connectivity index (χ1v) is 6.62. The van der Waals surface area contributed by atoms with Crippen LogP contribution in [-0.4, -0.2) is 23.8 Å². The first kappa shape index (κ1) is 15.9. The number of rotatable bonds is 7. The van der Waals surface area contributed by atoms with Gasteiger partial charge < -0.3 is 10.4 Å². The molecule has 0 heterocycles. The van der Waals surface area contributed by atoms with Gasteiger partial charge in [0.25, 0.3) is 0 Å². The Kier molecular flexibility index (Phi) is 7.25. The Labute approximate surface area is 102 Å². The van der Waals surface area contributed by atoms with Gasteiger partial charge in [0.15, 0.2) is 0 Å². The topological polar surface area (TPSA) is 32.3 Å². The van der Waals surface area contributed by atoms with Gasteiger partial charge in [0.1, 0.15) is 0 Å². The van der Waals surface area contributed by atoms with Crippen LogP contribution in [0.2, 0.25) is 0 Å². The van der Waals surface area contributed by atoms with Crippen molar-refractivity contribution in [3.8, 4) is 0 Å². The van der Waals surface area contributed by atoms with Crippen molar-refractivity contribution in [3.05, 3.63) is 0 Å². The number of aliphatic hydroxyl groups is 1. The van der Waals surface area contributed by atoms with Gasteiger partial charge >= 0.3 is 0 Å². The lowest BCUT2D eigenvalue weighted by molar-refractivity contribution is 0.116. The molecule has 0 aliphatic rings. The summed E-state index contributed by atoms with van der Waals surface area (Å²) in [6.45, 7) is 13.9. The predicted octanol–water partition coefficient (Wildman–Crippen LogP) is 3.20. The maximum Gasteiger partial charge on any atom is 0.0669 e. The average molecular weight is 229 g/mol. The van der Waals surface area contributed by atoms with Gasteiger partial charge in [0.05, 0.1) is 6.10 Å². The van der Waals surface area contributed by atoms with Crippen LogP contribution in [-0.2, 0) is 0 Å². The molecule has 0 saturated carbocycles. The summed E-state index contributed by atoms with van der Waals surface area (Å²) in [6.07, 6.45) is 3.09. The van der Waals surface area contributed by atoms with E-state index < -0.39 is 0 Å². The molecule has 0 spiro atoms. The van der Waals surface area contributed by atoms with Crippen LogP contribution in [0.15, 0.2) is 0 Å². The van der Waals surface area contributed by atoms with Crippen LogP contribution in [0.1, 0.15) is 60.8 Å². The van der Waals surface area contributed by atoms with Gasteiger partial charge in [-0.15, -0.1) is 0 Å². The highest BCUT2D eigenvalue weighted by Crippen LogP contribution is 2.20. The summed E-state index contributed by atoms with van der Waals surface area (Å²) in [4.78, 5) is 0. The van der Waals surface area contributed by atoms with E-state index in [0.717, 1.165) is 18.9 Å². The smallest absolute Gasteiger partial charge is 0.0669 e. The Hall–Kier alpha value is -0.0800. The molecular formula is C14H31NO. The molecule has 0 aliphatic heterocycles.